The van der Waals surface area contributed by atoms with Crippen LogP contribution in [0.3, 0.4) is 0 Å². The highest BCUT2D eigenvalue weighted by Crippen LogP contribution is 2.13. The van der Waals surface area contributed by atoms with E-state index in [-0.39, 0.29) is 5.91 Å². The van der Waals surface area contributed by atoms with Gasteiger partial charge in [0.25, 0.3) is 5.91 Å². The third kappa shape index (κ3) is 2.70. The van der Waals surface area contributed by atoms with E-state index < -0.39 is 0 Å². The molecule has 0 fully saturated rings. The van der Waals surface area contributed by atoms with Crippen molar-refractivity contribution in [3.05, 3.63) is 72.7 Å². The van der Waals surface area contributed by atoms with Gasteiger partial charge in [0.2, 0.25) is 0 Å². The Morgan fingerprint density at radius 2 is 1.79 bits per heavy atom. The second kappa shape index (κ2) is 5.88. The van der Waals surface area contributed by atoms with Gasteiger partial charge in [0, 0.05) is 5.56 Å². The van der Waals surface area contributed by atoms with E-state index in [1.807, 2.05) is 24.3 Å². The molecule has 24 heavy (non-hydrogen) atoms. The SMILES string of the molecule is O=C(Nc1cnc2ccccc2n1)c1ccc(-n2ccnn2)cc1. The smallest absolute Gasteiger partial charge is 0.256 e. The molecule has 0 bridgehead atoms. The number of carbonyl (C=O) groups excluding carboxylic acids is 1. The molecule has 2 aromatic carbocycles. The summed E-state index contributed by atoms with van der Waals surface area (Å²) in [6, 6.07) is 14.5. The maximum Gasteiger partial charge on any atom is 0.256 e. The Morgan fingerprint density at radius 3 is 2.54 bits per heavy atom. The Balaban J connectivity index is 1.54. The molecule has 2 aromatic heterocycles. The molecule has 2 heterocycles. The zero-order valence-corrected chi connectivity index (χ0v) is 12.5. The summed E-state index contributed by atoms with van der Waals surface area (Å²) < 4.78 is 1.62. The van der Waals surface area contributed by atoms with Crippen LogP contribution in [0, 0.1) is 0 Å². The average Bonchev–Trinajstić information content (AvgIpc) is 3.16. The lowest BCUT2D eigenvalue weighted by Crippen LogP contribution is -2.13. The summed E-state index contributed by atoms with van der Waals surface area (Å²) in [4.78, 5) is 21.0. The fourth-order valence-corrected chi connectivity index (χ4v) is 2.32. The van der Waals surface area contributed by atoms with E-state index in [0.29, 0.717) is 11.4 Å². The number of anilines is 1. The number of benzene rings is 2. The number of carbonyl (C=O) groups is 1. The first-order valence-electron chi connectivity index (χ1n) is 7.29. The van der Waals surface area contributed by atoms with Crippen molar-refractivity contribution in [2.75, 3.05) is 5.32 Å². The van der Waals surface area contributed by atoms with Crippen molar-refractivity contribution in [3.8, 4) is 5.69 Å². The number of aromatic nitrogens is 5. The van der Waals surface area contributed by atoms with Gasteiger partial charge in [0.1, 0.15) is 0 Å². The summed E-state index contributed by atoms with van der Waals surface area (Å²) in [6.07, 6.45) is 4.88. The molecule has 4 aromatic rings. The highest BCUT2D eigenvalue weighted by molar-refractivity contribution is 6.04. The summed E-state index contributed by atoms with van der Waals surface area (Å²) in [5.74, 6) is 0.170. The van der Waals surface area contributed by atoms with Crippen LogP contribution < -0.4 is 5.32 Å². The van der Waals surface area contributed by atoms with E-state index in [0.717, 1.165) is 16.7 Å². The maximum atomic E-state index is 12.3. The van der Waals surface area contributed by atoms with Crippen LogP contribution >= 0.6 is 0 Å². The molecule has 4 rings (SSSR count). The molecular formula is C17H12N6O. The zero-order chi connectivity index (χ0) is 16.4. The summed E-state index contributed by atoms with van der Waals surface area (Å²) in [5, 5.41) is 10.4. The molecule has 116 valence electrons. The predicted octanol–water partition coefficient (Wildman–Crippen LogP) is 2.46. The van der Waals surface area contributed by atoms with Crippen LogP contribution in [0.15, 0.2) is 67.1 Å². The van der Waals surface area contributed by atoms with E-state index >= 15 is 0 Å². The van der Waals surface area contributed by atoms with Crippen molar-refractivity contribution in [2.24, 2.45) is 0 Å². The molecule has 0 saturated heterocycles. The van der Waals surface area contributed by atoms with Crippen LogP contribution in [-0.2, 0) is 0 Å². The van der Waals surface area contributed by atoms with Crippen molar-refractivity contribution in [1.29, 1.82) is 0 Å². The van der Waals surface area contributed by atoms with Gasteiger partial charge in [-0.05, 0) is 36.4 Å². The highest BCUT2D eigenvalue weighted by Gasteiger charge is 2.08. The number of amides is 1. The second-order valence-electron chi connectivity index (χ2n) is 5.09. The largest absolute Gasteiger partial charge is 0.305 e. The number of hydrogen-bond acceptors (Lipinski definition) is 5. The van der Waals surface area contributed by atoms with Gasteiger partial charge in [-0.2, -0.15) is 0 Å². The van der Waals surface area contributed by atoms with E-state index in [1.165, 1.54) is 0 Å². The zero-order valence-electron chi connectivity index (χ0n) is 12.5. The van der Waals surface area contributed by atoms with Crippen molar-refractivity contribution in [1.82, 2.24) is 25.0 Å². The topological polar surface area (TPSA) is 85.6 Å². The van der Waals surface area contributed by atoms with Crippen LogP contribution in [0.5, 0.6) is 0 Å². The molecule has 0 aliphatic rings. The minimum Gasteiger partial charge on any atom is -0.305 e. The van der Waals surface area contributed by atoms with Crippen LogP contribution in [0.25, 0.3) is 16.7 Å². The van der Waals surface area contributed by atoms with Crippen molar-refractivity contribution in [2.45, 2.75) is 0 Å². The first-order chi connectivity index (χ1) is 11.8. The van der Waals surface area contributed by atoms with Crippen LogP contribution in [-0.4, -0.2) is 30.9 Å². The predicted molar refractivity (Wildman–Crippen MR) is 88.9 cm³/mol. The van der Waals surface area contributed by atoms with Crippen LogP contribution in [0.4, 0.5) is 5.82 Å². The van der Waals surface area contributed by atoms with E-state index in [2.05, 4.69) is 25.6 Å². The van der Waals surface area contributed by atoms with Crippen molar-refractivity contribution in [3.63, 3.8) is 0 Å². The maximum absolute atomic E-state index is 12.3. The molecule has 1 N–H and O–H groups in total. The minimum absolute atomic E-state index is 0.246. The summed E-state index contributed by atoms with van der Waals surface area (Å²) >= 11 is 0. The number of para-hydroxylation sites is 2. The van der Waals surface area contributed by atoms with Crippen LogP contribution in [0.2, 0.25) is 0 Å². The van der Waals surface area contributed by atoms with Gasteiger partial charge in [-0.1, -0.05) is 17.3 Å². The quantitative estimate of drug-likeness (QED) is 0.627. The Hall–Kier alpha value is -3.61. The normalized spacial score (nSPS) is 10.7. The van der Waals surface area contributed by atoms with Gasteiger partial charge >= 0.3 is 0 Å². The molecule has 0 saturated carbocycles. The number of hydrogen-bond donors (Lipinski definition) is 1. The van der Waals surface area contributed by atoms with Gasteiger partial charge in [-0.25, -0.2) is 9.67 Å². The lowest BCUT2D eigenvalue weighted by molar-refractivity contribution is 0.102. The Bertz CT molecular complexity index is 995. The third-order valence-corrected chi connectivity index (χ3v) is 3.51. The summed E-state index contributed by atoms with van der Waals surface area (Å²) in [7, 11) is 0. The van der Waals surface area contributed by atoms with Crippen LogP contribution in [0.1, 0.15) is 10.4 Å². The lowest BCUT2D eigenvalue weighted by atomic mass is 10.2. The lowest BCUT2D eigenvalue weighted by Gasteiger charge is -2.06. The van der Waals surface area contributed by atoms with Crippen molar-refractivity contribution >= 4 is 22.8 Å². The molecule has 0 radical (unpaired) electrons. The fraction of sp³-hybridized carbons (Fsp3) is 0. The Morgan fingerprint density at radius 1 is 1.00 bits per heavy atom. The molecule has 0 spiro atoms. The molecule has 7 nitrogen and oxygen atoms in total. The van der Waals surface area contributed by atoms with E-state index in [4.69, 9.17) is 0 Å². The summed E-state index contributed by atoms with van der Waals surface area (Å²) in [6.45, 7) is 0. The fourth-order valence-electron chi connectivity index (χ4n) is 2.32. The van der Waals surface area contributed by atoms with Gasteiger partial charge in [0.15, 0.2) is 5.82 Å². The molecule has 1 amide bonds. The number of rotatable bonds is 3. The number of fused-ring (bicyclic) bond motifs is 1. The molecule has 0 aliphatic carbocycles. The minimum atomic E-state index is -0.246. The molecule has 0 unspecified atom stereocenters. The molecular weight excluding hydrogens is 304 g/mol. The first kappa shape index (κ1) is 14.0. The first-order valence-corrected chi connectivity index (χ1v) is 7.29. The van der Waals surface area contributed by atoms with Crippen molar-refractivity contribution < 1.29 is 4.79 Å². The van der Waals surface area contributed by atoms with E-state index in [9.17, 15) is 4.79 Å². The Labute approximate surface area is 137 Å². The Kier molecular flexibility index (Phi) is 3.43. The average molecular weight is 316 g/mol. The van der Waals surface area contributed by atoms with E-state index in [1.54, 1.807) is 47.5 Å². The van der Waals surface area contributed by atoms with Gasteiger partial charge < -0.3 is 5.32 Å². The second-order valence-corrected chi connectivity index (χ2v) is 5.09. The third-order valence-electron chi connectivity index (χ3n) is 3.51. The van der Waals surface area contributed by atoms with Gasteiger partial charge in [-0.15, -0.1) is 5.10 Å². The molecule has 0 atom stereocenters. The van der Waals surface area contributed by atoms with Gasteiger partial charge in [0.05, 0.1) is 35.3 Å². The molecule has 7 heteroatoms. The highest BCUT2D eigenvalue weighted by atomic mass is 16.1. The number of nitrogens with zero attached hydrogens (tertiary/aromatic N) is 5. The molecule has 0 aliphatic heterocycles. The monoisotopic (exact) mass is 316 g/mol. The standard InChI is InChI=1S/C17H12N6O/c24-17(12-5-7-13(8-6-12)23-10-9-19-22-23)21-16-11-18-14-3-1-2-4-15(14)20-16/h1-11H,(H,20,21,24). The summed E-state index contributed by atoms with van der Waals surface area (Å²) in [5.41, 5.74) is 2.87. The van der Waals surface area contributed by atoms with Gasteiger partial charge in [-0.3, -0.25) is 9.78 Å². The number of nitrogens with one attached hydrogen (secondary N) is 1.